The number of piperidine rings is 1. The van der Waals surface area contributed by atoms with Crippen molar-refractivity contribution in [3.8, 4) is 0 Å². The second-order valence-electron chi connectivity index (χ2n) is 5.51. The van der Waals surface area contributed by atoms with Gasteiger partial charge in [0.25, 0.3) is 0 Å². The predicted molar refractivity (Wildman–Crippen MR) is 78.3 cm³/mol. The van der Waals surface area contributed by atoms with Gasteiger partial charge in [-0.2, -0.15) is 0 Å². The van der Waals surface area contributed by atoms with Crippen LogP contribution in [0.4, 0.5) is 0 Å². The maximum Gasteiger partial charge on any atom is 0.217 e. The molecule has 20 heavy (non-hydrogen) atoms. The fourth-order valence-corrected chi connectivity index (χ4v) is 2.92. The van der Waals surface area contributed by atoms with Crippen molar-refractivity contribution in [2.75, 3.05) is 13.1 Å². The summed E-state index contributed by atoms with van der Waals surface area (Å²) in [6.07, 6.45) is 3.91. The highest BCUT2D eigenvalue weighted by molar-refractivity contribution is 5.80. The van der Waals surface area contributed by atoms with Gasteiger partial charge in [-0.05, 0) is 18.9 Å². The third kappa shape index (κ3) is 2.85. The summed E-state index contributed by atoms with van der Waals surface area (Å²) in [5.41, 5.74) is 2.20. The summed E-state index contributed by atoms with van der Waals surface area (Å²) in [5, 5.41) is 4.21. The molecule has 1 fully saturated rings. The smallest absolute Gasteiger partial charge is 0.217 e. The van der Waals surface area contributed by atoms with Crippen molar-refractivity contribution in [3.05, 3.63) is 36.1 Å². The fourth-order valence-electron chi connectivity index (χ4n) is 2.92. The summed E-state index contributed by atoms with van der Waals surface area (Å²) < 4.78 is 5.58. The molecule has 1 aliphatic heterocycles. The molecule has 1 N–H and O–H groups in total. The molecule has 3 rings (SSSR count). The molecule has 0 unspecified atom stereocenters. The van der Waals surface area contributed by atoms with E-state index in [4.69, 9.17) is 4.42 Å². The first-order chi connectivity index (χ1) is 9.72. The highest BCUT2D eigenvalue weighted by atomic mass is 16.3. The van der Waals surface area contributed by atoms with Crippen molar-refractivity contribution in [1.29, 1.82) is 0 Å². The van der Waals surface area contributed by atoms with Gasteiger partial charge in [-0.3, -0.25) is 9.69 Å². The Bertz CT molecular complexity index is 597. The van der Waals surface area contributed by atoms with Gasteiger partial charge in [0, 0.05) is 43.5 Å². The lowest BCUT2D eigenvalue weighted by molar-refractivity contribution is -0.119. The Morgan fingerprint density at radius 1 is 1.35 bits per heavy atom. The molecule has 2 heterocycles. The summed E-state index contributed by atoms with van der Waals surface area (Å²) in [4.78, 5) is 13.5. The largest absolute Gasteiger partial charge is 0.464 e. The summed E-state index contributed by atoms with van der Waals surface area (Å²) in [6.45, 7) is 4.54. The summed E-state index contributed by atoms with van der Waals surface area (Å²) in [6, 6.07) is 8.49. The minimum Gasteiger partial charge on any atom is -0.464 e. The number of benzene rings is 1. The van der Waals surface area contributed by atoms with Crippen LogP contribution in [-0.2, 0) is 11.3 Å². The molecule has 0 saturated carbocycles. The Morgan fingerprint density at radius 3 is 2.85 bits per heavy atom. The van der Waals surface area contributed by atoms with E-state index in [-0.39, 0.29) is 5.91 Å². The van der Waals surface area contributed by atoms with Crippen LogP contribution in [-0.4, -0.2) is 29.9 Å². The molecule has 1 aliphatic rings. The number of fused-ring (bicyclic) bond motifs is 1. The van der Waals surface area contributed by atoms with Crippen LogP contribution in [0.1, 0.15) is 25.3 Å². The first kappa shape index (κ1) is 13.2. The third-order valence-electron chi connectivity index (χ3n) is 3.95. The minimum absolute atomic E-state index is 0.0734. The van der Waals surface area contributed by atoms with E-state index in [0.29, 0.717) is 6.04 Å². The fraction of sp³-hybridized carbons (Fsp3) is 0.438. The molecule has 4 heteroatoms. The van der Waals surface area contributed by atoms with E-state index < -0.39 is 0 Å². The first-order valence-electron chi connectivity index (χ1n) is 7.17. The van der Waals surface area contributed by atoms with Crippen LogP contribution in [0.2, 0.25) is 0 Å². The number of carbonyl (C=O) groups excluding carboxylic acids is 1. The molecule has 106 valence electrons. The molecule has 1 aromatic carbocycles. The second-order valence-corrected chi connectivity index (χ2v) is 5.51. The monoisotopic (exact) mass is 272 g/mol. The SMILES string of the molecule is CC(=O)NC1CCN(Cc2coc3ccccc23)CC1. The Hall–Kier alpha value is -1.81. The number of nitrogens with zero attached hydrogens (tertiary/aromatic N) is 1. The normalized spacial score (nSPS) is 17.4. The molecular weight excluding hydrogens is 252 g/mol. The van der Waals surface area contributed by atoms with Crippen molar-refractivity contribution >= 4 is 16.9 Å². The molecule has 0 aliphatic carbocycles. The van der Waals surface area contributed by atoms with Crippen molar-refractivity contribution in [2.45, 2.75) is 32.4 Å². The topological polar surface area (TPSA) is 45.5 Å². The molecular formula is C16H20N2O2. The van der Waals surface area contributed by atoms with Gasteiger partial charge in [0.05, 0.1) is 6.26 Å². The number of nitrogens with one attached hydrogen (secondary N) is 1. The Balaban J connectivity index is 1.61. The van der Waals surface area contributed by atoms with Crippen LogP contribution >= 0.6 is 0 Å². The average molecular weight is 272 g/mol. The standard InChI is InChI=1S/C16H20N2O2/c1-12(19)17-14-6-8-18(9-7-14)10-13-11-20-16-5-3-2-4-15(13)16/h2-5,11,14H,6-10H2,1H3,(H,17,19). The van der Waals surface area contributed by atoms with E-state index in [2.05, 4.69) is 16.3 Å². The molecule has 0 atom stereocenters. The lowest BCUT2D eigenvalue weighted by atomic mass is 10.0. The van der Waals surface area contributed by atoms with Crippen molar-refractivity contribution in [3.63, 3.8) is 0 Å². The number of likely N-dealkylation sites (tertiary alicyclic amines) is 1. The summed E-state index contributed by atoms with van der Waals surface area (Å²) in [7, 11) is 0. The number of para-hydroxylation sites is 1. The van der Waals surface area contributed by atoms with E-state index in [1.54, 1.807) is 6.92 Å². The number of hydrogen-bond acceptors (Lipinski definition) is 3. The molecule has 2 aromatic rings. The van der Waals surface area contributed by atoms with E-state index in [1.807, 2.05) is 24.5 Å². The number of carbonyl (C=O) groups is 1. The van der Waals surface area contributed by atoms with Crippen LogP contribution in [0.5, 0.6) is 0 Å². The molecule has 0 spiro atoms. The van der Waals surface area contributed by atoms with Gasteiger partial charge < -0.3 is 9.73 Å². The molecule has 1 aromatic heterocycles. The van der Waals surface area contributed by atoms with Crippen LogP contribution in [0.25, 0.3) is 11.0 Å². The van der Waals surface area contributed by atoms with Gasteiger partial charge in [-0.15, -0.1) is 0 Å². The zero-order chi connectivity index (χ0) is 13.9. The lowest BCUT2D eigenvalue weighted by Gasteiger charge is -2.31. The van der Waals surface area contributed by atoms with Gasteiger partial charge in [0.15, 0.2) is 0 Å². The summed E-state index contributed by atoms with van der Waals surface area (Å²) >= 11 is 0. The highest BCUT2D eigenvalue weighted by Crippen LogP contribution is 2.23. The number of hydrogen-bond donors (Lipinski definition) is 1. The molecule has 1 amide bonds. The minimum atomic E-state index is 0.0734. The van der Waals surface area contributed by atoms with E-state index in [9.17, 15) is 4.79 Å². The summed E-state index contributed by atoms with van der Waals surface area (Å²) in [5.74, 6) is 0.0734. The molecule has 0 radical (unpaired) electrons. The zero-order valence-electron chi connectivity index (χ0n) is 11.8. The van der Waals surface area contributed by atoms with Gasteiger partial charge in [-0.1, -0.05) is 18.2 Å². The van der Waals surface area contributed by atoms with Crippen LogP contribution in [0.15, 0.2) is 34.9 Å². The number of furan rings is 1. The van der Waals surface area contributed by atoms with Crippen LogP contribution in [0.3, 0.4) is 0 Å². The lowest BCUT2D eigenvalue weighted by Crippen LogP contribution is -2.43. The van der Waals surface area contributed by atoms with Crippen LogP contribution < -0.4 is 5.32 Å². The Labute approximate surface area is 118 Å². The Kier molecular flexibility index (Phi) is 3.74. The second kappa shape index (κ2) is 5.67. The van der Waals surface area contributed by atoms with E-state index >= 15 is 0 Å². The third-order valence-corrected chi connectivity index (χ3v) is 3.95. The van der Waals surface area contributed by atoms with E-state index in [1.165, 1.54) is 10.9 Å². The molecule has 4 nitrogen and oxygen atoms in total. The van der Waals surface area contributed by atoms with Gasteiger partial charge in [0.1, 0.15) is 5.58 Å². The van der Waals surface area contributed by atoms with Crippen molar-refractivity contribution in [2.24, 2.45) is 0 Å². The first-order valence-corrected chi connectivity index (χ1v) is 7.17. The highest BCUT2D eigenvalue weighted by Gasteiger charge is 2.20. The predicted octanol–water partition coefficient (Wildman–Crippen LogP) is 2.53. The van der Waals surface area contributed by atoms with Gasteiger partial charge in [-0.25, -0.2) is 0 Å². The van der Waals surface area contributed by atoms with Crippen molar-refractivity contribution < 1.29 is 9.21 Å². The quantitative estimate of drug-likeness (QED) is 0.934. The van der Waals surface area contributed by atoms with Gasteiger partial charge >= 0.3 is 0 Å². The van der Waals surface area contributed by atoms with Gasteiger partial charge in [0.2, 0.25) is 5.91 Å². The maximum absolute atomic E-state index is 11.1. The number of amides is 1. The maximum atomic E-state index is 11.1. The average Bonchev–Trinajstić information content (AvgIpc) is 2.84. The Morgan fingerprint density at radius 2 is 2.10 bits per heavy atom. The van der Waals surface area contributed by atoms with Crippen LogP contribution in [0, 0.1) is 0 Å². The van der Waals surface area contributed by atoms with Crippen molar-refractivity contribution in [1.82, 2.24) is 10.2 Å². The van der Waals surface area contributed by atoms with E-state index in [0.717, 1.165) is 38.1 Å². The number of rotatable bonds is 3. The zero-order valence-corrected chi connectivity index (χ0v) is 11.8. The molecule has 0 bridgehead atoms. The molecule has 1 saturated heterocycles.